The Bertz CT molecular complexity index is 327. The second kappa shape index (κ2) is 5.34. The lowest BCUT2D eigenvalue weighted by atomic mass is 10.2. The minimum atomic E-state index is 0.582. The van der Waals surface area contributed by atoms with Gasteiger partial charge in [-0.1, -0.05) is 0 Å². The van der Waals surface area contributed by atoms with Crippen LogP contribution in [0.2, 0.25) is 0 Å². The fourth-order valence-corrected chi connectivity index (χ4v) is 1.41. The molecule has 0 aliphatic carbocycles. The van der Waals surface area contributed by atoms with Gasteiger partial charge in [-0.2, -0.15) is 0 Å². The van der Waals surface area contributed by atoms with Crippen LogP contribution in [0.5, 0.6) is 11.5 Å². The van der Waals surface area contributed by atoms with Crippen molar-refractivity contribution in [1.29, 1.82) is 0 Å². The summed E-state index contributed by atoms with van der Waals surface area (Å²) in [6.07, 6.45) is 0. The molecule has 1 aromatic rings. The van der Waals surface area contributed by atoms with E-state index in [9.17, 15) is 0 Å². The molecule has 0 unspecified atom stereocenters. The molecule has 4 heteroatoms. The highest BCUT2D eigenvalue weighted by atomic mass is 16.5. The topological polar surface area (TPSA) is 56.5 Å². The first-order valence-corrected chi connectivity index (χ1v) is 5.07. The van der Waals surface area contributed by atoms with Gasteiger partial charge in [0, 0.05) is 6.54 Å². The molecule has 1 rings (SSSR count). The lowest BCUT2D eigenvalue weighted by Gasteiger charge is -2.16. The smallest absolute Gasteiger partial charge is 0.186 e. The number of rotatable bonds is 5. The van der Waals surface area contributed by atoms with Gasteiger partial charge in [-0.3, -0.25) is 0 Å². The Morgan fingerprint density at radius 1 is 1.27 bits per heavy atom. The molecule has 0 atom stereocenters. The molecule has 3 N–H and O–H groups in total. The normalized spacial score (nSPS) is 9.80. The highest BCUT2D eigenvalue weighted by Gasteiger charge is 2.12. The van der Waals surface area contributed by atoms with E-state index in [1.807, 2.05) is 19.9 Å². The Labute approximate surface area is 90.4 Å². The molecule has 0 radical (unpaired) electrons. The van der Waals surface area contributed by atoms with E-state index in [2.05, 4.69) is 5.32 Å². The number of hydrogen-bond donors (Lipinski definition) is 2. The van der Waals surface area contributed by atoms with Crippen molar-refractivity contribution in [2.75, 3.05) is 31.3 Å². The molecular formula is C11H18N2O2. The van der Waals surface area contributed by atoms with Crippen LogP contribution in [0.1, 0.15) is 13.8 Å². The summed E-state index contributed by atoms with van der Waals surface area (Å²) in [7, 11) is 1.59. The van der Waals surface area contributed by atoms with Crippen LogP contribution in [0.15, 0.2) is 12.1 Å². The van der Waals surface area contributed by atoms with Gasteiger partial charge >= 0.3 is 0 Å². The first kappa shape index (κ1) is 11.5. The van der Waals surface area contributed by atoms with Crippen molar-refractivity contribution < 1.29 is 9.47 Å². The Balaban J connectivity index is 3.15. The van der Waals surface area contributed by atoms with Crippen LogP contribution in [-0.2, 0) is 0 Å². The molecule has 0 spiro atoms. The van der Waals surface area contributed by atoms with Crippen LogP contribution < -0.4 is 20.5 Å². The number of hydrogen-bond acceptors (Lipinski definition) is 4. The third-order valence-electron chi connectivity index (χ3n) is 2.00. The first-order valence-electron chi connectivity index (χ1n) is 5.07. The largest absolute Gasteiger partial charge is 0.491 e. The lowest BCUT2D eigenvalue weighted by Crippen LogP contribution is -2.04. The van der Waals surface area contributed by atoms with E-state index in [1.54, 1.807) is 13.2 Å². The quantitative estimate of drug-likeness (QED) is 0.731. The van der Waals surface area contributed by atoms with E-state index in [0.29, 0.717) is 23.8 Å². The van der Waals surface area contributed by atoms with Gasteiger partial charge in [0.15, 0.2) is 11.5 Å². The standard InChI is InChI=1S/C11H18N2O2/c1-4-13-9-7-6-8(12)10(14-3)11(9)15-5-2/h6-7,13H,4-5,12H2,1-3H3. The summed E-state index contributed by atoms with van der Waals surface area (Å²) in [4.78, 5) is 0. The lowest BCUT2D eigenvalue weighted by molar-refractivity contribution is 0.313. The van der Waals surface area contributed by atoms with E-state index in [0.717, 1.165) is 12.2 Å². The van der Waals surface area contributed by atoms with Gasteiger partial charge in [0.25, 0.3) is 0 Å². The van der Waals surface area contributed by atoms with Crippen LogP contribution in [0.4, 0.5) is 11.4 Å². The van der Waals surface area contributed by atoms with Crippen LogP contribution in [0.25, 0.3) is 0 Å². The fourth-order valence-electron chi connectivity index (χ4n) is 1.41. The van der Waals surface area contributed by atoms with Crippen molar-refractivity contribution in [3.63, 3.8) is 0 Å². The Kier molecular flexibility index (Phi) is 4.09. The highest BCUT2D eigenvalue weighted by Crippen LogP contribution is 2.39. The maximum atomic E-state index is 5.79. The zero-order valence-electron chi connectivity index (χ0n) is 9.46. The summed E-state index contributed by atoms with van der Waals surface area (Å²) in [6.45, 7) is 5.36. The molecule has 0 aliphatic rings. The Morgan fingerprint density at radius 2 is 2.00 bits per heavy atom. The fraction of sp³-hybridized carbons (Fsp3) is 0.455. The number of anilines is 2. The summed E-state index contributed by atoms with van der Waals surface area (Å²) >= 11 is 0. The van der Waals surface area contributed by atoms with Gasteiger partial charge in [0.1, 0.15) is 0 Å². The number of nitrogens with two attached hydrogens (primary N) is 1. The molecule has 84 valence electrons. The molecular weight excluding hydrogens is 192 g/mol. The molecule has 0 amide bonds. The van der Waals surface area contributed by atoms with Gasteiger partial charge in [0.05, 0.1) is 25.1 Å². The van der Waals surface area contributed by atoms with Gasteiger partial charge in [-0.25, -0.2) is 0 Å². The zero-order chi connectivity index (χ0) is 11.3. The molecule has 0 saturated carbocycles. The number of methoxy groups -OCH3 is 1. The Hall–Kier alpha value is -1.58. The molecule has 4 nitrogen and oxygen atoms in total. The minimum Gasteiger partial charge on any atom is -0.491 e. The highest BCUT2D eigenvalue weighted by molar-refractivity contribution is 5.72. The van der Waals surface area contributed by atoms with Crippen molar-refractivity contribution in [1.82, 2.24) is 0 Å². The van der Waals surface area contributed by atoms with Crippen molar-refractivity contribution in [3.05, 3.63) is 12.1 Å². The van der Waals surface area contributed by atoms with E-state index >= 15 is 0 Å². The van der Waals surface area contributed by atoms with Gasteiger partial charge in [0.2, 0.25) is 0 Å². The Morgan fingerprint density at radius 3 is 2.53 bits per heavy atom. The molecule has 0 heterocycles. The average molecular weight is 210 g/mol. The average Bonchev–Trinajstić information content (AvgIpc) is 2.23. The molecule has 0 aliphatic heterocycles. The van der Waals surface area contributed by atoms with Crippen LogP contribution >= 0.6 is 0 Å². The molecule has 0 fully saturated rings. The first-order chi connectivity index (χ1) is 7.24. The molecule has 15 heavy (non-hydrogen) atoms. The number of benzene rings is 1. The molecule has 1 aromatic carbocycles. The minimum absolute atomic E-state index is 0.582. The summed E-state index contributed by atoms with van der Waals surface area (Å²) in [5.41, 5.74) is 7.29. The van der Waals surface area contributed by atoms with Crippen LogP contribution in [0.3, 0.4) is 0 Å². The summed E-state index contributed by atoms with van der Waals surface area (Å²) < 4.78 is 10.8. The zero-order valence-corrected chi connectivity index (χ0v) is 9.46. The molecule has 0 bridgehead atoms. The molecule has 0 saturated heterocycles. The van der Waals surface area contributed by atoms with Gasteiger partial charge < -0.3 is 20.5 Å². The molecule has 0 aromatic heterocycles. The third-order valence-corrected chi connectivity index (χ3v) is 2.00. The number of nitrogens with one attached hydrogen (secondary N) is 1. The third kappa shape index (κ3) is 2.46. The van der Waals surface area contributed by atoms with Crippen LogP contribution in [-0.4, -0.2) is 20.3 Å². The SMILES string of the molecule is CCNc1ccc(N)c(OC)c1OCC. The maximum absolute atomic E-state index is 5.79. The monoisotopic (exact) mass is 210 g/mol. The van der Waals surface area contributed by atoms with Crippen molar-refractivity contribution >= 4 is 11.4 Å². The van der Waals surface area contributed by atoms with E-state index in [1.165, 1.54) is 0 Å². The van der Waals surface area contributed by atoms with Crippen LogP contribution in [0, 0.1) is 0 Å². The van der Waals surface area contributed by atoms with Gasteiger partial charge in [-0.05, 0) is 26.0 Å². The maximum Gasteiger partial charge on any atom is 0.186 e. The summed E-state index contributed by atoms with van der Waals surface area (Å²) in [6, 6.07) is 3.70. The van der Waals surface area contributed by atoms with Gasteiger partial charge in [-0.15, -0.1) is 0 Å². The van der Waals surface area contributed by atoms with Crippen molar-refractivity contribution in [2.45, 2.75) is 13.8 Å². The predicted octanol–water partition coefficient (Wildman–Crippen LogP) is 2.11. The van der Waals surface area contributed by atoms with E-state index in [4.69, 9.17) is 15.2 Å². The predicted molar refractivity (Wildman–Crippen MR) is 62.7 cm³/mol. The van der Waals surface area contributed by atoms with E-state index in [-0.39, 0.29) is 0 Å². The van der Waals surface area contributed by atoms with Crippen molar-refractivity contribution in [2.24, 2.45) is 0 Å². The summed E-state index contributed by atoms with van der Waals surface area (Å²) in [5.74, 6) is 1.28. The second-order valence-electron chi connectivity index (χ2n) is 3.03. The van der Waals surface area contributed by atoms with Crippen molar-refractivity contribution in [3.8, 4) is 11.5 Å². The summed E-state index contributed by atoms with van der Waals surface area (Å²) in [5, 5.41) is 3.20. The number of nitrogen functional groups attached to an aromatic ring is 1. The van der Waals surface area contributed by atoms with E-state index < -0.39 is 0 Å². The number of ether oxygens (including phenoxy) is 2. The second-order valence-corrected chi connectivity index (χ2v) is 3.03.